The van der Waals surface area contributed by atoms with Crippen LogP contribution in [-0.2, 0) is 6.42 Å². The van der Waals surface area contributed by atoms with Gasteiger partial charge in [-0.1, -0.05) is 6.92 Å². The van der Waals surface area contributed by atoms with Crippen molar-refractivity contribution in [1.82, 2.24) is 14.8 Å². The molecule has 0 unspecified atom stereocenters. The fraction of sp³-hybridized carbons (Fsp3) is 0.105. The fourth-order valence-electron chi connectivity index (χ4n) is 2.74. The summed E-state index contributed by atoms with van der Waals surface area (Å²) < 4.78 is 20.1. The number of benzene rings is 1. The number of aromatic nitrogens is 3. The maximum atomic E-state index is 13.2. The van der Waals surface area contributed by atoms with E-state index in [1.54, 1.807) is 29.1 Å². The lowest BCUT2D eigenvalue weighted by atomic mass is 10.2. The van der Waals surface area contributed by atoms with E-state index in [-0.39, 0.29) is 11.7 Å². The lowest BCUT2D eigenvalue weighted by molar-refractivity contribution is 0.102. The Morgan fingerprint density at radius 3 is 2.81 bits per heavy atom. The Labute approximate surface area is 158 Å². The zero-order chi connectivity index (χ0) is 18.8. The number of amides is 1. The third kappa shape index (κ3) is 3.39. The molecular formula is C19H15FN4O2S. The van der Waals surface area contributed by atoms with Gasteiger partial charge in [0.25, 0.3) is 5.91 Å². The van der Waals surface area contributed by atoms with Crippen LogP contribution in [0.2, 0.25) is 0 Å². The van der Waals surface area contributed by atoms with Gasteiger partial charge in [-0.3, -0.25) is 10.1 Å². The van der Waals surface area contributed by atoms with Gasteiger partial charge in [0.15, 0.2) is 10.9 Å². The normalized spacial score (nSPS) is 10.9. The van der Waals surface area contributed by atoms with Crippen molar-refractivity contribution in [3.63, 3.8) is 0 Å². The average molecular weight is 382 g/mol. The zero-order valence-corrected chi connectivity index (χ0v) is 15.2. The summed E-state index contributed by atoms with van der Waals surface area (Å²) in [5, 5.41) is 9.39. The van der Waals surface area contributed by atoms with Gasteiger partial charge in [-0.2, -0.15) is 5.10 Å². The van der Waals surface area contributed by atoms with E-state index in [1.807, 2.05) is 18.4 Å². The Hall–Kier alpha value is -3.26. The average Bonchev–Trinajstić information content (AvgIpc) is 3.42. The van der Waals surface area contributed by atoms with Crippen LogP contribution in [0.3, 0.4) is 0 Å². The summed E-state index contributed by atoms with van der Waals surface area (Å²) in [6.07, 6.45) is 3.68. The first kappa shape index (κ1) is 17.2. The molecule has 4 rings (SSSR count). The van der Waals surface area contributed by atoms with Gasteiger partial charge in [0.05, 0.1) is 29.4 Å². The number of rotatable bonds is 5. The van der Waals surface area contributed by atoms with Gasteiger partial charge in [-0.25, -0.2) is 14.1 Å². The van der Waals surface area contributed by atoms with Crippen molar-refractivity contribution in [2.75, 3.05) is 5.32 Å². The predicted octanol–water partition coefficient (Wildman–Crippen LogP) is 4.54. The number of hydrogen-bond acceptors (Lipinski definition) is 5. The number of carbonyl (C=O) groups is 1. The first-order valence-corrected chi connectivity index (χ1v) is 9.17. The lowest BCUT2D eigenvalue weighted by Crippen LogP contribution is -2.14. The van der Waals surface area contributed by atoms with Crippen LogP contribution in [0.5, 0.6) is 0 Å². The molecule has 3 heterocycles. The molecule has 0 fully saturated rings. The van der Waals surface area contributed by atoms with Gasteiger partial charge in [-0.15, -0.1) is 11.3 Å². The highest BCUT2D eigenvalue weighted by Gasteiger charge is 2.19. The highest BCUT2D eigenvalue weighted by Crippen LogP contribution is 2.26. The molecule has 136 valence electrons. The minimum atomic E-state index is -0.321. The topological polar surface area (TPSA) is 73.0 Å². The Kier molecular flexibility index (Phi) is 4.55. The molecule has 8 heteroatoms. The maximum Gasteiger partial charge on any atom is 0.260 e. The second-order valence-electron chi connectivity index (χ2n) is 5.72. The van der Waals surface area contributed by atoms with E-state index < -0.39 is 0 Å². The first-order valence-electron chi connectivity index (χ1n) is 8.29. The standard InChI is InChI=1S/C19H15FN4O2S/c1-2-16-14(10-21-24(16)13-7-5-12(20)6-8-13)18(25)23-19-22-15(11-27-19)17-4-3-9-26-17/h3-11H,2H2,1H3,(H,22,23,25). The van der Waals surface area contributed by atoms with Crippen molar-refractivity contribution in [3.05, 3.63) is 71.3 Å². The van der Waals surface area contributed by atoms with Crippen LogP contribution in [0, 0.1) is 5.82 Å². The number of hydrogen-bond donors (Lipinski definition) is 1. The Morgan fingerprint density at radius 2 is 2.11 bits per heavy atom. The summed E-state index contributed by atoms with van der Waals surface area (Å²) in [6, 6.07) is 9.57. The molecule has 6 nitrogen and oxygen atoms in total. The molecule has 1 aromatic carbocycles. The Morgan fingerprint density at radius 1 is 1.30 bits per heavy atom. The quantitative estimate of drug-likeness (QED) is 0.550. The van der Waals surface area contributed by atoms with Gasteiger partial charge in [-0.05, 0) is 42.8 Å². The van der Waals surface area contributed by atoms with Gasteiger partial charge in [0, 0.05) is 5.38 Å². The molecule has 4 aromatic rings. The van der Waals surface area contributed by atoms with Crippen molar-refractivity contribution in [1.29, 1.82) is 0 Å². The summed E-state index contributed by atoms with van der Waals surface area (Å²) in [4.78, 5) is 17.1. The minimum absolute atomic E-state index is 0.291. The molecule has 0 spiro atoms. The third-order valence-corrected chi connectivity index (χ3v) is 4.78. The molecular weight excluding hydrogens is 367 g/mol. The zero-order valence-electron chi connectivity index (χ0n) is 14.3. The molecule has 27 heavy (non-hydrogen) atoms. The van der Waals surface area contributed by atoms with Gasteiger partial charge >= 0.3 is 0 Å². The van der Waals surface area contributed by atoms with E-state index in [4.69, 9.17) is 4.42 Å². The van der Waals surface area contributed by atoms with Gasteiger partial charge < -0.3 is 4.42 Å². The number of furan rings is 1. The molecule has 0 radical (unpaired) electrons. The van der Waals surface area contributed by atoms with E-state index in [2.05, 4.69) is 15.4 Å². The number of anilines is 1. The summed E-state index contributed by atoms with van der Waals surface area (Å²) in [5.41, 5.74) is 2.55. The van der Waals surface area contributed by atoms with Crippen LogP contribution in [0.25, 0.3) is 17.1 Å². The first-order chi connectivity index (χ1) is 13.2. The fourth-order valence-corrected chi connectivity index (χ4v) is 3.44. The highest BCUT2D eigenvalue weighted by atomic mass is 32.1. The number of carbonyl (C=O) groups excluding carboxylic acids is 1. The molecule has 0 aliphatic heterocycles. The Bertz CT molecular complexity index is 1070. The molecule has 0 aliphatic carbocycles. The second kappa shape index (κ2) is 7.16. The van der Waals surface area contributed by atoms with E-state index in [9.17, 15) is 9.18 Å². The molecule has 0 saturated carbocycles. The monoisotopic (exact) mass is 382 g/mol. The largest absolute Gasteiger partial charge is 0.463 e. The summed E-state index contributed by atoms with van der Waals surface area (Å²) in [7, 11) is 0. The van der Waals surface area contributed by atoms with Gasteiger partial charge in [0.1, 0.15) is 11.5 Å². The smallest absolute Gasteiger partial charge is 0.260 e. The van der Waals surface area contributed by atoms with Crippen molar-refractivity contribution in [3.8, 4) is 17.1 Å². The molecule has 0 bridgehead atoms. The van der Waals surface area contributed by atoms with E-state index in [1.165, 1.54) is 29.7 Å². The number of nitrogens with zero attached hydrogens (tertiary/aromatic N) is 3. The van der Waals surface area contributed by atoms with Crippen LogP contribution in [0.1, 0.15) is 23.0 Å². The van der Waals surface area contributed by atoms with Crippen LogP contribution in [0.15, 0.2) is 58.7 Å². The molecule has 0 saturated heterocycles. The second-order valence-corrected chi connectivity index (χ2v) is 6.57. The minimum Gasteiger partial charge on any atom is -0.463 e. The highest BCUT2D eigenvalue weighted by molar-refractivity contribution is 7.14. The predicted molar refractivity (Wildman–Crippen MR) is 101 cm³/mol. The van der Waals surface area contributed by atoms with Crippen LogP contribution < -0.4 is 5.32 Å². The third-order valence-electron chi connectivity index (χ3n) is 4.02. The molecule has 1 amide bonds. The van der Waals surface area contributed by atoms with Crippen molar-refractivity contribution < 1.29 is 13.6 Å². The van der Waals surface area contributed by atoms with Crippen molar-refractivity contribution in [2.24, 2.45) is 0 Å². The summed E-state index contributed by atoms with van der Waals surface area (Å²) >= 11 is 1.32. The number of thiazole rings is 1. The van der Waals surface area contributed by atoms with E-state index in [0.29, 0.717) is 34.3 Å². The lowest BCUT2D eigenvalue weighted by Gasteiger charge is -2.07. The summed E-state index contributed by atoms with van der Waals surface area (Å²) in [6.45, 7) is 1.94. The van der Waals surface area contributed by atoms with Crippen LogP contribution >= 0.6 is 11.3 Å². The maximum absolute atomic E-state index is 13.2. The van der Waals surface area contributed by atoms with Crippen LogP contribution in [-0.4, -0.2) is 20.7 Å². The van der Waals surface area contributed by atoms with Gasteiger partial charge in [0.2, 0.25) is 0 Å². The van der Waals surface area contributed by atoms with E-state index in [0.717, 1.165) is 5.69 Å². The van der Waals surface area contributed by atoms with Crippen LogP contribution in [0.4, 0.5) is 9.52 Å². The number of halogens is 1. The molecule has 1 N–H and O–H groups in total. The summed E-state index contributed by atoms with van der Waals surface area (Å²) in [5.74, 6) is 0.0312. The SMILES string of the molecule is CCc1c(C(=O)Nc2nc(-c3ccco3)cs2)cnn1-c1ccc(F)cc1. The van der Waals surface area contributed by atoms with Crippen molar-refractivity contribution in [2.45, 2.75) is 13.3 Å². The molecule has 0 aliphatic rings. The Balaban J connectivity index is 1.58. The number of nitrogens with one attached hydrogen (secondary N) is 1. The van der Waals surface area contributed by atoms with E-state index >= 15 is 0 Å². The molecule has 3 aromatic heterocycles. The molecule has 0 atom stereocenters. The van der Waals surface area contributed by atoms with Crippen molar-refractivity contribution >= 4 is 22.4 Å².